The van der Waals surface area contributed by atoms with Crippen molar-refractivity contribution in [1.82, 2.24) is 0 Å². The van der Waals surface area contributed by atoms with Crippen molar-refractivity contribution in [2.45, 2.75) is 63.7 Å². The zero-order chi connectivity index (χ0) is 18.4. The number of unbranched alkanes of at least 4 members (excludes halogenated alkanes) is 3. The molecule has 0 spiro atoms. The van der Waals surface area contributed by atoms with Gasteiger partial charge in [-0.1, -0.05) is 62.6 Å². The van der Waals surface area contributed by atoms with Crippen LogP contribution < -0.4 is 0 Å². The van der Waals surface area contributed by atoms with Gasteiger partial charge >= 0.3 is 0 Å². The van der Waals surface area contributed by atoms with Gasteiger partial charge in [0.15, 0.2) is 0 Å². The van der Waals surface area contributed by atoms with E-state index in [0.717, 1.165) is 31.2 Å². The fourth-order valence-corrected chi connectivity index (χ4v) is 3.88. The molecule has 26 heavy (non-hydrogen) atoms. The van der Waals surface area contributed by atoms with E-state index >= 15 is 0 Å². The topological polar surface area (TPSA) is 40.5 Å². The van der Waals surface area contributed by atoms with Gasteiger partial charge in [0.1, 0.15) is 11.5 Å². The molecule has 0 bridgehead atoms. The van der Waals surface area contributed by atoms with Crippen LogP contribution in [0.1, 0.15) is 74.0 Å². The van der Waals surface area contributed by atoms with E-state index in [1.165, 1.54) is 30.4 Å². The smallest absolute Gasteiger partial charge is 0.118 e. The second kappa shape index (κ2) is 8.93. The zero-order valence-electron chi connectivity index (χ0n) is 15.7. The van der Waals surface area contributed by atoms with Gasteiger partial charge in [-0.2, -0.15) is 0 Å². The molecule has 2 unspecified atom stereocenters. The first kappa shape index (κ1) is 18.6. The Hall–Kier alpha value is -2.22. The highest BCUT2D eigenvalue weighted by Crippen LogP contribution is 2.37. The highest BCUT2D eigenvalue weighted by Gasteiger charge is 2.19. The highest BCUT2D eigenvalue weighted by atomic mass is 16.3. The molecule has 0 radical (unpaired) electrons. The minimum atomic E-state index is 0.321. The number of aryl methyl sites for hydroxylation is 1. The molecule has 138 valence electrons. The molecule has 1 aliphatic carbocycles. The van der Waals surface area contributed by atoms with Crippen LogP contribution in [0.5, 0.6) is 11.5 Å². The molecule has 0 fully saturated rings. The Labute approximate surface area is 157 Å². The first-order chi connectivity index (χ1) is 12.7. The average molecular weight is 351 g/mol. The number of rotatable bonds is 7. The summed E-state index contributed by atoms with van der Waals surface area (Å²) in [4.78, 5) is 0. The summed E-state index contributed by atoms with van der Waals surface area (Å²) in [5, 5.41) is 19.6. The molecule has 0 amide bonds. The van der Waals surface area contributed by atoms with Crippen LogP contribution in [-0.2, 0) is 6.42 Å². The van der Waals surface area contributed by atoms with Gasteiger partial charge in [-0.15, -0.1) is 0 Å². The molecule has 2 heteroatoms. The minimum Gasteiger partial charge on any atom is -0.508 e. The van der Waals surface area contributed by atoms with E-state index in [1.807, 2.05) is 18.2 Å². The van der Waals surface area contributed by atoms with Crippen LogP contribution in [0.4, 0.5) is 0 Å². The number of benzene rings is 2. The SMILES string of the molecule is CCCCCCc1cc(C2C=CC(c3ccc(O)cc3)CC2)ccc1O. The largest absolute Gasteiger partial charge is 0.508 e. The lowest BCUT2D eigenvalue weighted by atomic mass is 9.81. The van der Waals surface area contributed by atoms with Crippen LogP contribution in [0.2, 0.25) is 0 Å². The molecule has 0 aliphatic heterocycles. The Balaban J connectivity index is 1.66. The zero-order valence-corrected chi connectivity index (χ0v) is 15.7. The van der Waals surface area contributed by atoms with Crippen molar-refractivity contribution in [2.75, 3.05) is 0 Å². The molecule has 1 aliphatic rings. The number of hydrogen-bond donors (Lipinski definition) is 2. The maximum atomic E-state index is 10.2. The van der Waals surface area contributed by atoms with Crippen molar-refractivity contribution < 1.29 is 10.2 Å². The van der Waals surface area contributed by atoms with Crippen LogP contribution >= 0.6 is 0 Å². The molecule has 2 aromatic rings. The number of phenols is 2. The summed E-state index contributed by atoms with van der Waals surface area (Å²) in [5.74, 6) is 1.62. The van der Waals surface area contributed by atoms with E-state index in [4.69, 9.17) is 0 Å². The lowest BCUT2D eigenvalue weighted by Crippen LogP contribution is -2.07. The number of hydrogen-bond acceptors (Lipinski definition) is 2. The van der Waals surface area contributed by atoms with Crippen LogP contribution in [0, 0.1) is 0 Å². The molecule has 0 saturated carbocycles. The van der Waals surface area contributed by atoms with Crippen molar-refractivity contribution >= 4 is 0 Å². The van der Waals surface area contributed by atoms with E-state index in [-0.39, 0.29) is 0 Å². The number of phenolic OH excluding ortho intramolecular Hbond substituents is 2. The molecule has 2 nitrogen and oxygen atoms in total. The van der Waals surface area contributed by atoms with Gasteiger partial charge in [-0.25, -0.2) is 0 Å². The molecule has 0 heterocycles. The molecule has 2 N–H and O–H groups in total. The highest BCUT2D eigenvalue weighted by molar-refractivity contribution is 5.40. The summed E-state index contributed by atoms with van der Waals surface area (Å²) in [6.45, 7) is 2.22. The molecule has 0 saturated heterocycles. The second-order valence-electron chi connectivity index (χ2n) is 7.47. The summed E-state index contributed by atoms with van der Waals surface area (Å²) in [6.07, 6.45) is 12.7. The minimum absolute atomic E-state index is 0.321. The van der Waals surface area contributed by atoms with Crippen molar-refractivity contribution in [3.8, 4) is 11.5 Å². The van der Waals surface area contributed by atoms with E-state index < -0.39 is 0 Å². The van der Waals surface area contributed by atoms with Crippen LogP contribution in [0.3, 0.4) is 0 Å². The molecular weight excluding hydrogens is 320 g/mol. The molecule has 2 atom stereocenters. The van der Waals surface area contributed by atoms with Gasteiger partial charge in [0.2, 0.25) is 0 Å². The van der Waals surface area contributed by atoms with E-state index in [9.17, 15) is 10.2 Å². The molecule has 3 rings (SSSR count). The second-order valence-corrected chi connectivity index (χ2v) is 7.47. The van der Waals surface area contributed by atoms with Crippen LogP contribution in [0.15, 0.2) is 54.6 Å². The summed E-state index contributed by atoms with van der Waals surface area (Å²) < 4.78 is 0. The van der Waals surface area contributed by atoms with Gasteiger partial charge in [-0.3, -0.25) is 0 Å². The number of allylic oxidation sites excluding steroid dienone is 2. The fraction of sp³-hybridized carbons (Fsp3) is 0.417. The number of aromatic hydroxyl groups is 2. The first-order valence-corrected chi connectivity index (χ1v) is 9.96. The Morgan fingerprint density at radius 1 is 0.808 bits per heavy atom. The Morgan fingerprint density at radius 3 is 2.12 bits per heavy atom. The fourth-order valence-electron chi connectivity index (χ4n) is 3.88. The quantitative estimate of drug-likeness (QED) is 0.446. The van der Waals surface area contributed by atoms with Gasteiger partial charge < -0.3 is 10.2 Å². The summed E-state index contributed by atoms with van der Waals surface area (Å²) in [7, 11) is 0. The molecular formula is C24H30O2. The third-order valence-corrected chi connectivity index (χ3v) is 5.52. The maximum absolute atomic E-state index is 10.2. The standard InChI is InChI=1S/C24H30O2/c1-2-3-4-5-6-22-17-21(13-16-24(22)26)20-9-7-18(8-10-20)19-11-14-23(25)15-12-19/h7,9,11-18,20,25-26H,2-6,8,10H2,1H3. The molecule has 0 aromatic heterocycles. The van der Waals surface area contributed by atoms with Gasteiger partial charge in [-0.05, 0) is 60.6 Å². The van der Waals surface area contributed by atoms with Gasteiger partial charge in [0.25, 0.3) is 0 Å². The first-order valence-electron chi connectivity index (χ1n) is 9.96. The lowest BCUT2D eigenvalue weighted by molar-refractivity contribution is 0.465. The lowest BCUT2D eigenvalue weighted by Gasteiger charge is -2.24. The summed E-state index contributed by atoms with van der Waals surface area (Å²) in [6, 6.07) is 13.7. The maximum Gasteiger partial charge on any atom is 0.118 e. The third-order valence-electron chi connectivity index (χ3n) is 5.52. The van der Waals surface area contributed by atoms with Gasteiger partial charge in [0, 0.05) is 11.8 Å². The molecule has 2 aromatic carbocycles. The predicted molar refractivity (Wildman–Crippen MR) is 108 cm³/mol. The van der Waals surface area contributed by atoms with Crippen molar-refractivity contribution in [3.63, 3.8) is 0 Å². The Morgan fingerprint density at radius 2 is 1.46 bits per heavy atom. The van der Waals surface area contributed by atoms with E-state index in [0.29, 0.717) is 23.3 Å². The van der Waals surface area contributed by atoms with Crippen molar-refractivity contribution in [3.05, 3.63) is 71.3 Å². The van der Waals surface area contributed by atoms with Crippen LogP contribution in [0.25, 0.3) is 0 Å². The van der Waals surface area contributed by atoms with Gasteiger partial charge in [0.05, 0.1) is 0 Å². The van der Waals surface area contributed by atoms with Crippen LogP contribution in [-0.4, -0.2) is 10.2 Å². The van der Waals surface area contributed by atoms with E-state index in [2.05, 4.69) is 31.2 Å². The predicted octanol–water partition coefficient (Wildman–Crippen LogP) is 6.44. The third kappa shape index (κ3) is 4.69. The average Bonchev–Trinajstić information content (AvgIpc) is 2.67. The Bertz CT molecular complexity index is 730. The normalized spacial score (nSPS) is 19.6. The monoisotopic (exact) mass is 350 g/mol. The van der Waals surface area contributed by atoms with E-state index in [1.54, 1.807) is 12.1 Å². The summed E-state index contributed by atoms with van der Waals surface area (Å²) in [5.41, 5.74) is 3.67. The van der Waals surface area contributed by atoms with Crippen molar-refractivity contribution in [1.29, 1.82) is 0 Å². The van der Waals surface area contributed by atoms with Crippen molar-refractivity contribution in [2.24, 2.45) is 0 Å². The summed E-state index contributed by atoms with van der Waals surface area (Å²) >= 11 is 0. The Kier molecular flexibility index (Phi) is 6.38.